The van der Waals surface area contributed by atoms with Crippen LogP contribution in [0.3, 0.4) is 0 Å². The maximum absolute atomic E-state index is 12.4. The van der Waals surface area contributed by atoms with Crippen molar-refractivity contribution in [3.05, 3.63) is 0 Å². The SMILES string of the molecule is CC1(C)S[C@@H]2[C@H](NC(=O)C(Cl)(Cl)Cl)C(=O)N2[C@H]1C(=O)OCC(Cl)(Cl)Cl. The molecule has 1 N–H and O–H groups in total. The summed E-state index contributed by atoms with van der Waals surface area (Å²) in [5, 5.41) is 1.87. The lowest BCUT2D eigenvalue weighted by molar-refractivity contribution is -0.164. The molecule has 2 heterocycles. The summed E-state index contributed by atoms with van der Waals surface area (Å²) in [5.41, 5.74) is 0. The van der Waals surface area contributed by atoms with Crippen molar-refractivity contribution in [1.82, 2.24) is 10.2 Å². The Morgan fingerprint density at radius 1 is 1.24 bits per heavy atom. The number of halogens is 6. The highest BCUT2D eigenvalue weighted by atomic mass is 35.6. The second kappa shape index (κ2) is 7.15. The third kappa shape index (κ3) is 4.68. The molecule has 2 amide bonds. The molecule has 3 atom stereocenters. The summed E-state index contributed by atoms with van der Waals surface area (Å²) in [5.74, 6) is -2.11. The van der Waals surface area contributed by atoms with Crippen LogP contribution in [0.4, 0.5) is 0 Å². The molecule has 0 aromatic carbocycles. The van der Waals surface area contributed by atoms with Crippen LogP contribution in [0.15, 0.2) is 0 Å². The van der Waals surface area contributed by atoms with Gasteiger partial charge in [-0.3, -0.25) is 9.59 Å². The van der Waals surface area contributed by atoms with Crippen LogP contribution in [0.2, 0.25) is 0 Å². The van der Waals surface area contributed by atoms with E-state index >= 15 is 0 Å². The van der Waals surface area contributed by atoms with E-state index in [9.17, 15) is 14.4 Å². The second-order valence-electron chi connectivity index (χ2n) is 5.93. The number of rotatable bonds is 3. The Bertz CT molecular complexity index is 605. The zero-order valence-electron chi connectivity index (χ0n) is 12.7. The Balaban J connectivity index is 2.10. The van der Waals surface area contributed by atoms with Crippen LogP contribution in [-0.4, -0.2) is 59.1 Å². The van der Waals surface area contributed by atoms with Crippen LogP contribution in [0.5, 0.6) is 0 Å². The molecular weight excluding hydrogens is 481 g/mol. The van der Waals surface area contributed by atoms with E-state index < -0.39 is 54.2 Å². The van der Waals surface area contributed by atoms with Crippen molar-refractivity contribution < 1.29 is 19.1 Å². The molecule has 2 fully saturated rings. The standard InChI is InChI=1S/C12H12Cl6N2O4S/c1-10(2)5(8(22)24-3-11(13,14)15)20-6(21)4(7(20)25-10)19-9(23)12(16,17)18/h4-5,7H,3H2,1-2H3,(H,19,23)/t4-,5+,7-/m1/s1. The number of amides is 2. The van der Waals surface area contributed by atoms with Gasteiger partial charge in [0.05, 0.1) is 0 Å². The van der Waals surface area contributed by atoms with Gasteiger partial charge in [0.15, 0.2) is 0 Å². The quantitative estimate of drug-likeness (QED) is 0.372. The Kier molecular flexibility index (Phi) is 6.23. The summed E-state index contributed by atoms with van der Waals surface area (Å²) in [4.78, 5) is 37.9. The third-order valence-corrected chi connectivity index (χ3v) is 6.00. The highest BCUT2D eigenvalue weighted by Gasteiger charge is 2.65. The highest BCUT2D eigenvalue weighted by Crippen LogP contribution is 2.51. The molecule has 25 heavy (non-hydrogen) atoms. The average molecular weight is 493 g/mol. The zero-order valence-corrected chi connectivity index (χ0v) is 18.0. The number of nitrogens with zero attached hydrogens (tertiary/aromatic N) is 1. The molecule has 2 saturated heterocycles. The number of ether oxygens (including phenoxy) is 1. The number of nitrogens with one attached hydrogen (secondary N) is 1. The maximum Gasteiger partial charge on any atom is 0.330 e. The third-order valence-electron chi connectivity index (χ3n) is 3.59. The fraction of sp³-hybridized carbons (Fsp3) is 0.750. The smallest absolute Gasteiger partial charge is 0.330 e. The van der Waals surface area contributed by atoms with Gasteiger partial charge in [-0.2, -0.15) is 0 Å². The predicted molar refractivity (Wildman–Crippen MR) is 99.6 cm³/mol. The van der Waals surface area contributed by atoms with Crippen LogP contribution in [-0.2, 0) is 19.1 Å². The van der Waals surface area contributed by atoms with Crippen molar-refractivity contribution in [3.8, 4) is 0 Å². The van der Waals surface area contributed by atoms with Gasteiger partial charge in [-0.15, -0.1) is 11.8 Å². The molecule has 2 rings (SSSR count). The number of β-lactam (4-membered cyclic amide) rings is 1. The summed E-state index contributed by atoms with van der Waals surface area (Å²) >= 11 is 34.5. The van der Waals surface area contributed by atoms with Gasteiger partial charge in [0.2, 0.25) is 9.70 Å². The maximum atomic E-state index is 12.4. The van der Waals surface area contributed by atoms with Gasteiger partial charge in [-0.25, -0.2) is 4.79 Å². The van der Waals surface area contributed by atoms with Gasteiger partial charge >= 0.3 is 5.97 Å². The minimum absolute atomic E-state index is 0.451. The molecule has 6 nitrogen and oxygen atoms in total. The van der Waals surface area contributed by atoms with E-state index in [0.717, 1.165) is 0 Å². The van der Waals surface area contributed by atoms with E-state index in [1.54, 1.807) is 13.8 Å². The summed E-state index contributed by atoms with van der Waals surface area (Å²) in [6, 6.07) is -1.80. The van der Waals surface area contributed by atoms with E-state index in [1.165, 1.54) is 16.7 Å². The number of esters is 1. The first kappa shape index (κ1) is 21.8. The fourth-order valence-electron chi connectivity index (χ4n) is 2.58. The molecule has 0 radical (unpaired) electrons. The van der Waals surface area contributed by atoms with Gasteiger partial charge in [0.25, 0.3) is 9.70 Å². The first-order valence-corrected chi connectivity index (χ1v) is 9.91. The lowest BCUT2D eigenvalue weighted by Crippen LogP contribution is -2.71. The minimum atomic E-state index is -2.19. The molecule has 0 aliphatic carbocycles. The summed E-state index contributed by atoms with van der Waals surface area (Å²) < 4.78 is 0.363. The number of carbonyl (C=O) groups is 3. The van der Waals surface area contributed by atoms with E-state index in [0.29, 0.717) is 0 Å². The van der Waals surface area contributed by atoms with Crippen LogP contribution in [0, 0.1) is 0 Å². The van der Waals surface area contributed by atoms with Gasteiger partial charge in [0.1, 0.15) is 24.1 Å². The molecule has 0 unspecified atom stereocenters. The van der Waals surface area contributed by atoms with E-state index in [2.05, 4.69) is 5.32 Å². The van der Waals surface area contributed by atoms with Crippen LogP contribution >= 0.6 is 81.4 Å². The molecule has 2 aliphatic heterocycles. The molecule has 0 spiro atoms. The van der Waals surface area contributed by atoms with Gasteiger partial charge < -0.3 is 15.0 Å². The Hall–Kier alpha value is 0.500. The average Bonchev–Trinajstić information content (AvgIpc) is 2.68. The van der Waals surface area contributed by atoms with Crippen LogP contribution < -0.4 is 5.32 Å². The lowest BCUT2D eigenvalue weighted by atomic mass is 9.96. The van der Waals surface area contributed by atoms with Crippen LogP contribution in [0.25, 0.3) is 0 Å². The van der Waals surface area contributed by atoms with Gasteiger partial charge in [0, 0.05) is 4.75 Å². The van der Waals surface area contributed by atoms with Crippen molar-refractivity contribution >= 4 is 99.2 Å². The molecule has 2 aliphatic rings. The largest absolute Gasteiger partial charge is 0.460 e. The Morgan fingerprint density at radius 2 is 1.80 bits per heavy atom. The molecule has 0 saturated carbocycles. The summed E-state index contributed by atoms with van der Waals surface area (Å²) in [7, 11) is 0. The number of hydrogen-bond donors (Lipinski definition) is 1. The monoisotopic (exact) mass is 490 g/mol. The van der Waals surface area contributed by atoms with E-state index in [-0.39, 0.29) is 0 Å². The highest BCUT2D eigenvalue weighted by molar-refractivity contribution is 8.01. The van der Waals surface area contributed by atoms with Crippen molar-refractivity contribution in [2.75, 3.05) is 6.61 Å². The molecule has 0 bridgehead atoms. The topological polar surface area (TPSA) is 75.7 Å². The zero-order chi connectivity index (χ0) is 19.4. The van der Waals surface area contributed by atoms with Gasteiger partial charge in [-0.05, 0) is 13.8 Å². The van der Waals surface area contributed by atoms with Crippen molar-refractivity contribution in [1.29, 1.82) is 0 Å². The van der Waals surface area contributed by atoms with Crippen molar-refractivity contribution in [3.63, 3.8) is 0 Å². The van der Waals surface area contributed by atoms with Crippen molar-refractivity contribution in [2.45, 2.75) is 43.6 Å². The number of hydrogen-bond acceptors (Lipinski definition) is 5. The Labute approximate surface area is 178 Å². The molecular formula is C12H12Cl6N2O4S. The number of thioether (sulfide) groups is 1. The normalized spacial score (nSPS) is 28.2. The lowest BCUT2D eigenvalue weighted by Gasteiger charge is -2.44. The molecule has 13 heteroatoms. The summed E-state index contributed by atoms with van der Waals surface area (Å²) in [6.07, 6.45) is 0. The fourth-order valence-corrected chi connectivity index (χ4v) is 4.53. The van der Waals surface area contributed by atoms with Crippen LogP contribution in [0.1, 0.15) is 13.8 Å². The van der Waals surface area contributed by atoms with Gasteiger partial charge in [-0.1, -0.05) is 69.6 Å². The Morgan fingerprint density at radius 3 is 2.28 bits per heavy atom. The first-order valence-electron chi connectivity index (χ1n) is 6.76. The second-order valence-corrected chi connectivity index (χ2v) is 12.5. The number of carbonyl (C=O) groups excluding carboxylic acids is 3. The predicted octanol–water partition coefficient (Wildman–Crippen LogP) is 2.82. The van der Waals surface area contributed by atoms with Crippen molar-refractivity contribution in [2.24, 2.45) is 0 Å². The first-order chi connectivity index (χ1) is 11.1. The van der Waals surface area contributed by atoms with E-state index in [1.807, 2.05) is 0 Å². The number of fused-ring (bicyclic) bond motifs is 1. The minimum Gasteiger partial charge on any atom is -0.460 e. The number of alkyl halides is 6. The molecule has 0 aromatic heterocycles. The molecule has 0 aromatic rings. The van der Waals surface area contributed by atoms with E-state index in [4.69, 9.17) is 74.3 Å². The molecule has 142 valence electrons. The summed E-state index contributed by atoms with van der Waals surface area (Å²) in [6.45, 7) is 3.07.